The summed E-state index contributed by atoms with van der Waals surface area (Å²) in [6, 6.07) is 4.69. The third kappa shape index (κ3) is 3.74. The zero-order chi connectivity index (χ0) is 15.5. The molecule has 0 bridgehead atoms. The zero-order valence-corrected chi connectivity index (χ0v) is 13.2. The fourth-order valence-corrected chi connectivity index (χ4v) is 3.95. The van der Waals surface area contributed by atoms with Gasteiger partial charge >= 0.3 is 0 Å². The Hall–Kier alpha value is -1.15. The summed E-state index contributed by atoms with van der Waals surface area (Å²) in [7, 11) is -2.09. The van der Waals surface area contributed by atoms with Crippen molar-refractivity contribution in [2.45, 2.75) is 36.7 Å². The standard InChI is InChI=1S/C14H22N2O4S/c1-14(6-3-7-20-10-14)16-21(17,18)12-4-5-13(19-2)11(8-12)9-15/h4-5,8,16H,3,6-7,9-10,15H2,1-2H3. The first-order valence-electron chi connectivity index (χ1n) is 6.89. The normalized spacial score (nSPS) is 23.0. The molecule has 0 aromatic heterocycles. The second kappa shape index (κ2) is 6.31. The summed E-state index contributed by atoms with van der Waals surface area (Å²) in [4.78, 5) is 0.190. The van der Waals surface area contributed by atoms with Crippen LogP contribution in [0.2, 0.25) is 0 Å². The average Bonchev–Trinajstić information content (AvgIpc) is 2.46. The van der Waals surface area contributed by atoms with Crippen LogP contribution >= 0.6 is 0 Å². The van der Waals surface area contributed by atoms with E-state index >= 15 is 0 Å². The summed E-state index contributed by atoms with van der Waals surface area (Å²) >= 11 is 0. The summed E-state index contributed by atoms with van der Waals surface area (Å²) in [6.07, 6.45) is 1.60. The molecular weight excluding hydrogens is 292 g/mol. The van der Waals surface area contributed by atoms with Crippen molar-refractivity contribution in [1.82, 2.24) is 4.72 Å². The molecule has 1 aromatic carbocycles. The molecule has 1 aliphatic rings. The zero-order valence-electron chi connectivity index (χ0n) is 12.4. The van der Waals surface area contributed by atoms with Crippen LogP contribution in [0.4, 0.5) is 0 Å². The van der Waals surface area contributed by atoms with Gasteiger partial charge in [0.05, 0.1) is 24.2 Å². The highest BCUT2D eigenvalue weighted by Crippen LogP contribution is 2.25. The van der Waals surface area contributed by atoms with Gasteiger partial charge in [0.1, 0.15) is 5.75 Å². The third-order valence-corrected chi connectivity index (χ3v) is 5.24. The maximum atomic E-state index is 12.5. The third-order valence-electron chi connectivity index (χ3n) is 3.60. The number of hydrogen-bond donors (Lipinski definition) is 2. The molecule has 0 amide bonds. The van der Waals surface area contributed by atoms with E-state index in [1.165, 1.54) is 13.2 Å². The summed E-state index contributed by atoms with van der Waals surface area (Å²) in [5.41, 5.74) is 5.72. The van der Waals surface area contributed by atoms with E-state index in [-0.39, 0.29) is 11.4 Å². The maximum Gasteiger partial charge on any atom is 0.241 e. The lowest BCUT2D eigenvalue weighted by molar-refractivity contribution is 0.0386. The lowest BCUT2D eigenvalue weighted by Crippen LogP contribution is -2.51. The van der Waals surface area contributed by atoms with E-state index in [1.807, 2.05) is 6.92 Å². The Kier molecular flexibility index (Phi) is 4.88. The largest absolute Gasteiger partial charge is 0.496 e. The molecule has 1 saturated heterocycles. The van der Waals surface area contributed by atoms with Gasteiger partial charge in [-0.25, -0.2) is 13.1 Å². The second-order valence-electron chi connectivity index (χ2n) is 5.50. The number of ether oxygens (including phenoxy) is 2. The number of sulfonamides is 1. The molecule has 21 heavy (non-hydrogen) atoms. The van der Waals surface area contributed by atoms with Gasteiger partial charge in [-0.3, -0.25) is 0 Å². The van der Waals surface area contributed by atoms with E-state index in [1.54, 1.807) is 12.1 Å². The van der Waals surface area contributed by atoms with Gasteiger partial charge < -0.3 is 15.2 Å². The van der Waals surface area contributed by atoms with Crippen molar-refractivity contribution in [2.75, 3.05) is 20.3 Å². The highest BCUT2D eigenvalue weighted by molar-refractivity contribution is 7.89. The summed E-state index contributed by atoms with van der Waals surface area (Å²) < 4.78 is 38.3. The number of nitrogens with two attached hydrogens (primary N) is 1. The molecule has 118 valence electrons. The Labute approximate surface area is 125 Å². The fourth-order valence-electron chi connectivity index (χ4n) is 2.48. The van der Waals surface area contributed by atoms with Crippen LogP contribution in [-0.2, 0) is 21.3 Å². The van der Waals surface area contributed by atoms with Crippen molar-refractivity contribution in [3.05, 3.63) is 23.8 Å². The van der Waals surface area contributed by atoms with Crippen LogP contribution in [0.15, 0.2) is 23.1 Å². The Morgan fingerprint density at radius 1 is 1.48 bits per heavy atom. The lowest BCUT2D eigenvalue weighted by atomic mass is 9.97. The molecule has 1 atom stereocenters. The molecular formula is C14H22N2O4S. The van der Waals surface area contributed by atoms with Crippen LogP contribution < -0.4 is 15.2 Å². The van der Waals surface area contributed by atoms with E-state index in [0.29, 0.717) is 24.5 Å². The number of benzene rings is 1. The number of hydrogen-bond acceptors (Lipinski definition) is 5. The van der Waals surface area contributed by atoms with Crippen molar-refractivity contribution < 1.29 is 17.9 Å². The lowest BCUT2D eigenvalue weighted by Gasteiger charge is -2.33. The molecule has 7 heteroatoms. The molecule has 1 aromatic rings. The van der Waals surface area contributed by atoms with E-state index < -0.39 is 15.6 Å². The number of nitrogens with one attached hydrogen (secondary N) is 1. The first-order chi connectivity index (χ1) is 9.90. The smallest absolute Gasteiger partial charge is 0.241 e. The molecule has 1 aliphatic heterocycles. The fraction of sp³-hybridized carbons (Fsp3) is 0.571. The minimum atomic E-state index is -3.62. The Morgan fingerprint density at radius 2 is 2.24 bits per heavy atom. The van der Waals surface area contributed by atoms with E-state index in [2.05, 4.69) is 4.72 Å². The van der Waals surface area contributed by atoms with Crippen molar-refractivity contribution in [3.8, 4) is 5.75 Å². The van der Waals surface area contributed by atoms with Crippen molar-refractivity contribution in [1.29, 1.82) is 0 Å². The second-order valence-corrected chi connectivity index (χ2v) is 7.18. The van der Waals surface area contributed by atoms with E-state index in [0.717, 1.165) is 12.8 Å². The van der Waals surface area contributed by atoms with Gasteiger partial charge in [-0.15, -0.1) is 0 Å². The highest BCUT2D eigenvalue weighted by atomic mass is 32.2. The topological polar surface area (TPSA) is 90.7 Å². The summed E-state index contributed by atoms with van der Waals surface area (Å²) in [5, 5.41) is 0. The molecule has 1 fully saturated rings. The maximum absolute atomic E-state index is 12.5. The number of methoxy groups -OCH3 is 1. The van der Waals surface area contributed by atoms with E-state index in [9.17, 15) is 8.42 Å². The Morgan fingerprint density at radius 3 is 2.81 bits per heavy atom. The SMILES string of the molecule is COc1ccc(S(=O)(=O)NC2(C)CCCOC2)cc1CN. The van der Waals surface area contributed by atoms with Crippen molar-refractivity contribution >= 4 is 10.0 Å². The molecule has 1 heterocycles. The minimum Gasteiger partial charge on any atom is -0.496 e. The summed E-state index contributed by atoms with van der Waals surface area (Å²) in [6.45, 7) is 3.13. The molecule has 1 unspecified atom stereocenters. The van der Waals surface area contributed by atoms with Gasteiger partial charge in [-0.1, -0.05) is 0 Å². The van der Waals surface area contributed by atoms with Gasteiger partial charge in [-0.05, 0) is 38.0 Å². The van der Waals surface area contributed by atoms with Crippen LogP contribution in [0.1, 0.15) is 25.3 Å². The van der Waals surface area contributed by atoms with Crippen LogP contribution in [0.5, 0.6) is 5.75 Å². The Bertz CT molecular complexity index is 595. The molecule has 0 saturated carbocycles. The quantitative estimate of drug-likeness (QED) is 0.846. The number of rotatable bonds is 5. The molecule has 3 N–H and O–H groups in total. The predicted molar refractivity (Wildman–Crippen MR) is 79.7 cm³/mol. The van der Waals surface area contributed by atoms with Crippen molar-refractivity contribution in [2.24, 2.45) is 5.73 Å². The highest BCUT2D eigenvalue weighted by Gasteiger charge is 2.33. The first-order valence-corrected chi connectivity index (χ1v) is 8.37. The Balaban J connectivity index is 2.27. The van der Waals surface area contributed by atoms with Crippen LogP contribution in [0.25, 0.3) is 0 Å². The van der Waals surface area contributed by atoms with Gasteiger partial charge in [-0.2, -0.15) is 0 Å². The molecule has 0 spiro atoms. The summed E-state index contributed by atoms with van der Waals surface area (Å²) in [5.74, 6) is 0.587. The van der Waals surface area contributed by atoms with Gasteiger partial charge in [0.25, 0.3) is 0 Å². The van der Waals surface area contributed by atoms with Gasteiger partial charge in [0.2, 0.25) is 10.0 Å². The predicted octanol–water partition coefficient (Wildman–Crippen LogP) is 1.00. The first kappa shape index (κ1) is 16.2. The van der Waals surface area contributed by atoms with Crippen LogP contribution in [0, 0.1) is 0 Å². The van der Waals surface area contributed by atoms with Crippen LogP contribution in [0.3, 0.4) is 0 Å². The molecule has 0 aliphatic carbocycles. The molecule has 2 rings (SSSR count). The van der Waals surface area contributed by atoms with Gasteiger partial charge in [0, 0.05) is 18.7 Å². The minimum absolute atomic E-state index is 0.190. The molecule has 0 radical (unpaired) electrons. The monoisotopic (exact) mass is 314 g/mol. The van der Waals surface area contributed by atoms with E-state index in [4.69, 9.17) is 15.2 Å². The van der Waals surface area contributed by atoms with Crippen molar-refractivity contribution in [3.63, 3.8) is 0 Å². The molecule has 6 nitrogen and oxygen atoms in total. The van der Waals surface area contributed by atoms with Crippen LogP contribution in [-0.4, -0.2) is 34.3 Å². The van der Waals surface area contributed by atoms with Gasteiger partial charge in [0.15, 0.2) is 0 Å². The average molecular weight is 314 g/mol.